The van der Waals surface area contributed by atoms with E-state index in [0.717, 1.165) is 11.6 Å². The van der Waals surface area contributed by atoms with Crippen LogP contribution in [0.15, 0.2) is 29.4 Å². The Morgan fingerprint density at radius 3 is 2.46 bits per heavy atom. The summed E-state index contributed by atoms with van der Waals surface area (Å²) >= 11 is 1.29. The zero-order valence-electron chi connectivity index (χ0n) is 14.5. The predicted molar refractivity (Wildman–Crippen MR) is 95.2 cm³/mol. The molecule has 0 bridgehead atoms. The molecule has 130 valence electrons. The van der Waals surface area contributed by atoms with E-state index in [-0.39, 0.29) is 17.8 Å². The fraction of sp³-hybridized carbons (Fsp3) is 0.471. The molecule has 0 radical (unpaired) electrons. The summed E-state index contributed by atoms with van der Waals surface area (Å²) in [6.07, 6.45) is -0.245. The van der Waals surface area contributed by atoms with Crippen LogP contribution in [0, 0.1) is 0 Å². The quantitative estimate of drug-likeness (QED) is 0.741. The lowest BCUT2D eigenvalue weighted by atomic mass is 10.0. The van der Waals surface area contributed by atoms with E-state index in [0.29, 0.717) is 17.6 Å². The number of ether oxygens (including phenoxy) is 1. The third kappa shape index (κ3) is 4.50. The van der Waals surface area contributed by atoms with E-state index in [1.54, 1.807) is 0 Å². The monoisotopic (exact) mass is 348 g/mol. The average Bonchev–Trinajstić information content (AvgIpc) is 2.96. The van der Waals surface area contributed by atoms with Crippen molar-refractivity contribution in [3.05, 3.63) is 35.7 Å². The second-order valence-corrected chi connectivity index (χ2v) is 6.77. The molecular weight excluding hydrogens is 324 g/mol. The van der Waals surface area contributed by atoms with Gasteiger partial charge in [0.15, 0.2) is 17.1 Å². The van der Waals surface area contributed by atoms with Crippen molar-refractivity contribution >= 4 is 17.7 Å². The van der Waals surface area contributed by atoms with Gasteiger partial charge in [-0.05, 0) is 37.5 Å². The van der Waals surface area contributed by atoms with E-state index >= 15 is 0 Å². The van der Waals surface area contributed by atoms with Crippen molar-refractivity contribution in [3.63, 3.8) is 0 Å². The Balaban J connectivity index is 2.11. The molecule has 6 nitrogen and oxygen atoms in total. The van der Waals surface area contributed by atoms with Crippen LogP contribution in [0.2, 0.25) is 0 Å². The van der Waals surface area contributed by atoms with Crippen LogP contribution in [0.4, 0.5) is 0 Å². The molecule has 0 aliphatic rings. The molecule has 1 atom stereocenters. The topological polar surface area (TPSA) is 83.0 Å². The van der Waals surface area contributed by atoms with Gasteiger partial charge in [0.1, 0.15) is 5.75 Å². The summed E-state index contributed by atoms with van der Waals surface area (Å²) in [7, 11) is 0. The maximum atomic E-state index is 10.9. The van der Waals surface area contributed by atoms with E-state index in [1.165, 1.54) is 17.3 Å². The van der Waals surface area contributed by atoms with Gasteiger partial charge >= 0.3 is 0 Å². The third-order valence-corrected chi connectivity index (χ3v) is 4.62. The largest absolute Gasteiger partial charge is 0.483 e. The van der Waals surface area contributed by atoms with Crippen LogP contribution in [-0.4, -0.2) is 26.4 Å². The molecule has 1 unspecified atom stereocenters. The number of nitrogens with zero attached hydrogens (tertiary/aromatic N) is 3. The van der Waals surface area contributed by atoms with E-state index in [2.05, 4.69) is 36.2 Å². The van der Waals surface area contributed by atoms with Gasteiger partial charge in [-0.3, -0.25) is 4.79 Å². The first-order valence-corrected chi connectivity index (χ1v) is 9.01. The number of carbonyl (C=O) groups excluding carboxylic acids is 1. The average molecular weight is 348 g/mol. The smallest absolute Gasteiger partial charge is 0.227 e. The normalized spacial score (nSPS) is 12.4. The van der Waals surface area contributed by atoms with Gasteiger partial charge in [-0.2, -0.15) is 0 Å². The van der Waals surface area contributed by atoms with Crippen LogP contribution in [0.3, 0.4) is 0 Å². The molecule has 7 heteroatoms. The standard InChI is InChI=1S/C17H24N4O2S/c1-5-21-16(19-20-17(21)24-10-15(18)22)12(4)23-14-8-6-13(7-9-14)11(2)3/h6-9,11-12H,5,10H2,1-4H3,(H2,18,22). The van der Waals surface area contributed by atoms with Crippen LogP contribution in [0.1, 0.15) is 51.1 Å². The van der Waals surface area contributed by atoms with Gasteiger partial charge in [0.2, 0.25) is 5.91 Å². The van der Waals surface area contributed by atoms with Gasteiger partial charge < -0.3 is 15.0 Å². The highest BCUT2D eigenvalue weighted by Crippen LogP contribution is 2.25. The summed E-state index contributed by atoms with van der Waals surface area (Å²) in [6, 6.07) is 8.10. The number of carbonyl (C=O) groups is 1. The molecule has 2 N–H and O–H groups in total. The van der Waals surface area contributed by atoms with Crippen LogP contribution in [0.25, 0.3) is 0 Å². The molecule has 2 aromatic rings. The van der Waals surface area contributed by atoms with Gasteiger partial charge in [0, 0.05) is 6.54 Å². The van der Waals surface area contributed by atoms with Crippen molar-refractivity contribution in [1.29, 1.82) is 0 Å². The molecule has 1 aromatic heterocycles. The molecule has 0 saturated carbocycles. The summed E-state index contributed by atoms with van der Waals surface area (Å²) in [5.74, 6) is 1.83. The molecule has 24 heavy (non-hydrogen) atoms. The number of nitrogens with two attached hydrogens (primary N) is 1. The minimum absolute atomic E-state index is 0.185. The maximum absolute atomic E-state index is 10.9. The predicted octanol–water partition coefficient (Wildman–Crippen LogP) is 3.14. The Morgan fingerprint density at radius 2 is 1.92 bits per heavy atom. The zero-order chi connectivity index (χ0) is 17.7. The van der Waals surface area contributed by atoms with Gasteiger partial charge in [-0.1, -0.05) is 37.7 Å². The second-order valence-electron chi connectivity index (χ2n) is 5.82. The molecule has 1 heterocycles. The molecule has 0 aliphatic carbocycles. The minimum Gasteiger partial charge on any atom is -0.483 e. The Labute approximate surface area is 146 Å². The van der Waals surface area contributed by atoms with E-state index in [4.69, 9.17) is 10.5 Å². The first-order valence-electron chi connectivity index (χ1n) is 8.03. The van der Waals surface area contributed by atoms with E-state index < -0.39 is 0 Å². The van der Waals surface area contributed by atoms with Gasteiger partial charge in [0.25, 0.3) is 0 Å². The first kappa shape index (κ1) is 18.3. The van der Waals surface area contributed by atoms with Crippen LogP contribution < -0.4 is 10.5 Å². The molecule has 0 fully saturated rings. The Morgan fingerprint density at radius 1 is 1.25 bits per heavy atom. The van der Waals surface area contributed by atoms with Crippen molar-refractivity contribution in [2.75, 3.05) is 5.75 Å². The summed E-state index contributed by atoms with van der Waals surface area (Å²) in [6.45, 7) is 8.96. The third-order valence-electron chi connectivity index (χ3n) is 3.63. The number of benzene rings is 1. The minimum atomic E-state index is -0.373. The lowest BCUT2D eigenvalue weighted by Gasteiger charge is -2.16. The first-order chi connectivity index (χ1) is 11.4. The lowest BCUT2D eigenvalue weighted by Crippen LogP contribution is -2.15. The Bertz CT molecular complexity index is 682. The maximum Gasteiger partial charge on any atom is 0.227 e. The van der Waals surface area contributed by atoms with Gasteiger partial charge in [-0.15, -0.1) is 10.2 Å². The molecule has 2 rings (SSSR count). The zero-order valence-corrected chi connectivity index (χ0v) is 15.3. The van der Waals surface area contributed by atoms with Crippen molar-refractivity contribution in [2.24, 2.45) is 5.73 Å². The van der Waals surface area contributed by atoms with Crippen LogP contribution >= 0.6 is 11.8 Å². The van der Waals surface area contributed by atoms with Crippen molar-refractivity contribution in [1.82, 2.24) is 14.8 Å². The number of rotatable bonds is 8. The fourth-order valence-electron chi connectivity index (χ4n) is 2.33. The van der Waals surface area contributed by atoms with Gasteiger partial charge in [0.05, 0.1) is 5.75 Å². The van der Waals surface area contributed by atoms with Crippen molar-refractivity contribution in [3.8, 4) is 5.75 Å². The second kappa shape index (κ2) is 8.19. The number of thioether (sulfide) groups is 1. The molecule has 0 saturated heterocycles. The summed E-state index contributed by atoms with van der Waals surface area (Å²) in [5, 5.41) is 9.05. The van der Waals surface area contributed by atoms with E-state index in [9.17, 15) is 4.79 Å². The molecule has 0 aliphatic heterocycles. The summed E-state index contributed by atoms with van der Waals surface area (Å²) in [4.78, 5) is 10.9. The molecular formula is C17H24N4O2S. The highest BCUT2D eigenvalue weighted by atomic mass is 32.2. The molecule has 1 aromatic carbocycles. The van der Waals surface area contributed by atoms with Crippen LogP contribution in [-0.2, 0) is 11.3 Å². The molecule has 0 spiro atoms. The van der Waals surface area contributed by atoms with Crippen molar-refractivity contribution < 1.29 is 9.53 Å². The SMILES string of the molecule is CCn1c(SCC(N)=O)nnc1C(C)Oc1ccc(C(C)C)cc1. The highest BCUT2D eigenvalue weighted by Gasteiger charge is 2.19. The fourth-order valence-corrected chi connectivity index (χ4v) is 3.08. The summed E-state index contributed by atoms with van der Waals surface area (Å²) in [5.41, 5.74) is 6.47. The Kier molecular flexibility index (Phi) is 6.25. The summed E-state index contributed by atoms with van der Waals surface area (Å²) < 4.78 is 7.94. The van der Waals surface area contributed by atoms with Crippen molar-refractivity contribution in [2.45, 2.75) is 51.4 Å². The highest BCUT2D eigenvalue weighted by molar-refractivity contribution is 7.99. The number of amides is 1. The number of aromatic nitrogens is 3. The van der Waals surface area contributed by atoms with Gasteiger partial charge in [-0.25, -0.2) is 0 Å². The lowest BCUT2D eigenvalue weighted by molar-refractivity contribution is -0.115. The van der Waals surface area contributed by atoms with Crippen LogP contribution in [0.5, 0.6) is 5.75 Å². The molecule has 1 amide bonds. The number of hydrogen-bond donors (Lipinski definition) is 1. The van der Waals surface area contributed by atoms with E-state index in [1.807, 2.05) is 30.5 Å². The Hall–Kier alpha value is -2.02. The number of hydrogen-bond acceptors (Lipinski definition) is 5. The number of primary amides is 1.